The van der Waals surface area contributed by atoms with Gasteiger partial charge in [0.2, 0.25) is 0 Å². The molecule has 0 fully saturated rings. The third-order valence-electron chi connectivity index (χ3n) is 1.93. The van der Waals surface area contributed by atoms with Gasteiger partial charge in [0.15, 0.2) is 0 Å². The minimum absolute atomic E-state index is 0.305. The van der Waals surface area contributed by atoms with Crippen molar-refractivity contribution in [3.05, 3.63) is 0 Å². The third-order valence-corrected chi connectivity index (χ3v) is 1.93. The maximum absolute atomic E-state index is 11.1. The van der Waals surface area contributed by atoms with Crippen molar-refractivity contribution in [3.63, 3.8) is 0 Å². The Labute approximate surface area is 89.6 Å². The van der Waals surface area contributed by atoms with E-state index in [-0.39, 0.29) is 0 Å². The van der Waals surface area contributed by atoms with Crippen LogP contribution >= 0.6 is 0 Å². The number of carbonyl (C=O) groups is 2. The van der Waals surface area contributed by atoms with Gasteiger partial charge >= 0.3 is 5.97 Å². The molecule has 0 saturated heterocycles. The van der Waals surface area contributed by atoms with E-state index in [9.17, 15) is 14.7 Å². The second kappa shape index (κ2) is 8.23. The molecule has 0 bridgehead atoms. The zero-order valence-corrected chi connectivity index (χ0v) is 9.03. The normalized spacial score (nSPS) is 12.1. The Bertz CT molecular complexity index is 206. The summed E-state index contributed by atoms with van der Waals surface area (Å²) in [5, 5.41) is 10.1. The standard InChI is InChI=1S/C10H19NO4/c1-2-3-4-5-6-15-10(14)8(11)7-9(12)13/h8H,2-7,11H2,1H3,(H,12,13)/p-1/t8-/m0/s1. The number of unbranched alkanes of at least 4 members (excludes halogenated alkanes) is 3. The van der Waals surface area contributed by atoms with Crippen LogP contribution in [0.3, 0.4) is 0 Å². The van der Waals surface area contributed by atoms with E-state index in [0.29, 0.717) is 6.61 Å². The molecule has 0 unspecified atom stereocenters. The molecule has 0 spiro atoms. The van der Waals surface area contributed by atoms with E-state index in [4.69, 9.17) is 10.5 Å². The van der Waals surface area contributed by atoms with Gasteiger partial charge in [-0.05, 0) is 6.42 Å². The first kappa shape index (κ1) is 13.9. The summed E-state index contributed by atoms with van der Waals surface area (Å²) in [6.07, 6.45) is 3.51. The maximum atomic E-state index is 11.1. The molecule has 1 atom stereocenters. The highest BCUT2D eigenvalue weighted by atomic mass is 16.5. The van der Waals surface area contributed by atoms with Gasteiger partial charge in [-0.25, -0.2) is 0 Å². The van der Waals surface area contributed by atoms with E-state index in [1.165, 1.54) is 0 Å². The van der Waals surface area contributed by atoms with Gasteiger partial charge in [0.1, 0.15) is 6.04 Å². The predicted octanol–water partition coefficient (Wildman–Crippen LogP) is -0.423. The molecule has 0 radical (unpaired) electrons. The van der Waals surface area contributed by atoms with E-state index in [2.05, 4.69) is 6.92 Å². The molecule has 0 aliphatic rings. The van der Waals surface area contributed by atoms with Crippen LogP contribution in [0.2, 0.25) is 0 Å². The summed E-state index contributed by atoms with van der Waals surface area (Å²) < 4.78 is 4.80. The minimum atomic E-state index is -1.34. The van der Waals surface area contributed by atoms with Crippen LogP contribution in [0.15, 0.2) is 0 Å². The summed E-state index contributed by atoms with van der Waals surface area (Å²) in [5.74, 6) is -2.01. The highest BCUT2D eigenvalue weighted by Crippen LogP contribution is 2.00. The molecular formula is C10H18NO4-. The molecular weight excluding hydrogens is 198 g/mol. The Morgan fingerprint density at radius 3 is 2.53 bits per heavy atom. The van der Waals surface area contributed by atoms with Crippen molar-refractivity contribution in [3.8, 4) is 0 Å². The highest BCUT2D eigenvalue weighted by Gasteiger charge is 2.14. The third kappa shape index (κ3) is 7.93. The van der Waals surface area contributed by atoms with E-state index in [1.807, 2.05) is 0 Å². The lowest BCUT2D eigenvalue weighted by molar-refractivity contribution is -0.306. The number of carbonyl (C=O) groups excluding carboxylic acids is 2. The van der Waals surface area contributed by atoms with Crippen LogP contribution in [0.1, 0.15) is 39.0 Å². The number of carboxylic acids is 1. The number of rotatable bonds is 8. The second-order valence-electron chi connectivity index (χ2n) is 3.41. The molecule has 0 heterocycles. The van der Waals surface area contributed by atoms with Crippen LogP contribution in [-0.2, 0) is 14.3 Å². The first-order chi connectivity index (χ1) is 7.07. The van der Waals surface area contributed by atoms with Gasteiger partial charge in [0.05, 0.1) is 6.61 Å². The summed E-state index contributed by atoms with van der Waals surface area (Å²) in [6, 6.07) is -1.11. The molecule has 0 saturated carbocycles. The zero-order chi connectivity index (χ0) is 11.7. The van der Waals surface area contributed by atoms with Crippen molar-refractivity contribution in [2.75, 3.05) is 6.61 Å². The molecule has 0 amide bonds. The lowest BCUT2D eigenvalue weighted by Gasteiger charge is -2.11. The number of hydrogen-bond donors (Lipinski definition) is 1. The van der Waals surface area contributed by atoms with E-state index >= 15 is 0 Å². The van der Waals surface area contributed by atoms with Gasteiger partial charge in [0.25, 0.3) is 0 Å². The van der Waals surface area contributed by atoms with Crippen LogP contribution < -0.4 is 10.8 Å². The van der Waals surface area contributed by atoms with Gasteiger partial charge in [-0.1, -0.05) is 26.2 Å². The predicted molar refractivity (Wildman–Crippen MR) is 52.7 cm³/mol. The van der Waals surface area contributed by atoms with Crippen molar-refractivity contribution in [1.82, 2.24) is 0 Å². The Morgan fingerprint density at radius 1 is 1.33 bits per heavy atom. The minimum Gasteiger partial charge on any atom is -0.550 e. The summed E-state index contributed by atoms with van der Waals surface area (Å²) in [5.41, 5.74) is 5.26. The molecule has 0 aromatic rings. The molecule has 2 N–H and O–H groups in total. The number of aliphatic carboxylic acids is 1. The van der Waals surface area contributed by atoms with Crippen LogP contribution in [0.4, 0.5) is 0 Å². The fourth-order valence-electron chi connectivity index (χ4n) is 1.07. The lowest BCUT2D eigenvalue weighted by Crippen LogP contribution is -2.38. The largest absolute Gasteiger partial charge is 0.550 e. The Kier molecular flexibility index (Phi) is 7.62. The molecule has 88 valence electrons. The average Bonchev–Trinajstić information content (AvgIpc) is 2.16. The highest BCUT2D eigenvalue weighted by molar-refractivity contribution is 5.80. The second-order valence-corrected chi connectivity index (χ2v) is 3.41. The first-order valence-corrected chi connectivity index (χ1v) is 5.20. The number of ether oxygens (including phenoxy) is 1. The van der Waals surface area contributed by atoms with E-state index in [0.717, 1.165) is 25.7 Å². The lowest BCUT2D eigenvalue weighted by atomic mass is 10.2. The van der Waals surface area contributed by atoms with Gasteiger partial charge in [-0.3, -0.25) is 4.79 Å². The smallest absolute Gasteiger partial charge is 0.323 e. The van der Waals surface area contributed by atoms with Crippen molar-refractivity contribution >= 4 is 11.9 Å². The number of hydrogen-bond acceptors (Lipinski definition) is 5. The quantitative estimate of drug-likeness (QED) is 0.439. The number of esters is 1. The van der Waals surface area contributed by atoms with Gasteiger partial charge in [0, 0.05) is 12.4 Å². The van der Waals surface area contributed by atoms with Crippen LogP contribution in [0, 0.1) is 0 Å². The topological polar surface area (TPSA) is 92.5 Å². The molecule has 0 rings (SSSR count). The Balaban J connectivity index is 3.51. The van der Waals surface area contributed by atoms with Crippen LogP contribution in [-0.4, -0.2) is 24.6 Å². The maximum Gasteiger partial charge on any atom is 0.323 e. The average molecular weight is 216 g/mol. The number of nitrogens with two attached hydrogens (primary N) is 1. The molecule has 15 heavy (non-hydrogen) atoms. The number of carboxylic acid groups (broad SMARTS) is 1. The van der Waals surface area contributed by atoms with Crippen molar-refractivity contribution < 1.29 is 19.4 Å². The first-order valence-electron chi connectivity index (χ1n) is 5.20. The molecule has 0 aromatic carbocycles. The van der Waals surface area contributed by atoms with E-state index in [1.54, 1.807) is 0 Å². The molecule has 0 aliphatic carbocycles. The van der Waals surface area contributed by atoms with Gasteiger partial charge < -0.3 is 20.4 Å². The monoisotopic (exact) mass is 216 g/mol. The van der Waals surface area contributed by atoms with Gasteiger partial charge in [-0.15, -0.1) is 0 Å². The fourth-order valence-corrected chi connectivity index (χ4v) is 1.07. The molecule has 5 nitrogen and oxygen atoms in total. The molecule has 5 heteroatoms. The summed E-state index contributed by atoms with van der Waals surface area (Å²) in [7, 11) is 0. The van der Waals surface area contributed by atoms with Gasteiger partial charge in [-0.2, -0.15) is 0 Å². The fraction of sp³-hybridized carbons (Fsp3) is 0.800. The van der Waals surface area contributed by atoms with Crippen LogP contribution in [0.25, 0.3) is 0 Å². The molecule has 0 aromatic heterocycles. The zero-order valence-electron chi connectivity index (χ0n) is 9.03. The summed E-state index contributed by atoms with van der Waals surface area (Å²) >= 11 is 0. The molecule has 0 aliphatic heterocycles. The Hall–Kier alpha value is -1.10. The van der Waals surface area contributed by atoms with Crippen molar-refractivity contribution in [2.45, 2.75) is 45.1 Å². The summed E-state index contributed by atoms with van der Waals surface area (Å²) in [6.45, 7) is 2.39. The van der Waals surface area contributed by atoms with Crippen molar-refractivity contribution in [2.24, 2.45) is 5.73 Å². The SMILES string of the molecule is CCCCCCOC(=O)[C@@H](N)CC(=O)[O-]. The van der Waals surface area contributed by atoms with E-state index < -0.39 is 24.4 Å². The Morgan fingerprint density at radius 2 is 2.00 bits per heavy atom. The van der Waals surface area contributed by atoms with Crippen LogP contribution in [0.5, 0.6) is 0 Å². The summed E-state index contributed by atoms with van der Waals surface area (Å²) in [4.78, 5) is 21.2. The van der Waals surface area contributed by atoms with Crippen molar-refractivity contribution in [1.29, 1.82) is 0 Å².